The van der Waals surface area contributed by atoms with Crippen LogP contribution in [0.25, 0.3) is 0 Å². The lowest BCUT2D eigenvalue weighted by molar-refractivity contribution is 1.50. The van der Waals surface area contributed by atoms with E-state index in [0.717, 1.165) is 15.8 Å². The summed E-state index contributed by atoms with van der Waals surface area (Å²) in [6.07, 6.45) is 0. The van der Waals surface area contributed by atoms with Gasteiger partial charge in [-0.15, -0.1) is 0 Å². The molecule has 2 nitrogen and oxygen atoms in total. The first-order valence-corrected chi connectivity index (χ1v) is 7.09. The largest absolute Gasteiger partial charge is 0.396 e. The first kappa shape index (κ1) is 13.0. The van der Waals surface area contributed by atoms with E-state index < -0.39 is 0 Å². The summed E-state index contributed by atoms with van der Waals surface area (Å²) in [6, 6.07) is 11.6. The van der Waals surface area contributed by atoms with E-state index in [-0.39, 0.29) is 0 Å². The average Bonchev–Trinajstić information content (AvgIpc) is 2.28. The van der Waals surface area contributed by atoms with E-state index >= 15 is 0 Å². The average molecular weight is 423 g/mol. The molecular formula is C12H9BrClIN2. The van der Waals surface area contributed by atoms with Crippen LogP contribution in [0, 0.1) is 3.57 Å². The van der Waals surface area contributed by atoms with Crippen molar-refractivity contribution in [3.63, 3.8) is 0 Å². The number of nitrogens with one attached hydrogen (secondary N) is 1. The van der Waals surface area contributed by atoms with Crippen LogP contribution < -0.4 is 11.1 Å². The van der Waals surface area contributed by atoms with Crippen LogP contribution in [-0.2, 0) is 0 Å². The number of para-hydroxylation sites is 1. The van der Waals surface area contributed by atoms with Crippen LogP contribution >= 0.6 is 50.1 Å². The fourth-order valence-electron chi connectivity index (χ4n) is 1.38. The summed E-state index contributed by atoms with van der Waals surface area (Å²) < 4.78 is 2.16. The second-order valence-electron chi connectivity index (χ2n) is 3.45. The molecule has 0 aliphatic carbocycles. The van der Waals surface area contributed by atoms with Gasteiger partial charge in [-0.3, -0.25) is 0 Å². The molecule has 2 aromatic rings. The molecule has 2 rings (SSSR count). The second kappa shape index (κ2) is 5.46. The normalized spacial score (nSPS) is 10.3. The quantitative estimate of drug-likeness (QED) is 0.525. The van der Waals surface area contributed by atoms with Crippen molar-refractivity contribution in [1.82, 2.24) is 0 Å². The minimum Gasteiger partial charge on any atom is -0.396 e. The highest BCUT2D eigenvalue weighted by molar-refractivity contribution is 14.1. The summed E-state index contributed by atoms with van der Waals surface area (Å²) in [7, 11) is 0. The van der Waals surface area contributed by atoms with E-state index in [0.29, 0.717) is 10.7 Å². The molecule has 0 radical (unpaired) electrons. The maximum Gasteiger partial charge on any atom is 0.0742 e. The van der Waals surface area contributed by atoms with Gasteiger partial charge >= 0.3 is 0 Å². The molecule has 17 heavy (non-hydrogen) atoms. The van der Waals surface area contributed by atoms with Gasteiger partial charge in [0.2, 0.25) is 0 Å². The van der Waals surface area contributed by atoms with Gasteiger partial charge < -0.3 is 11.1 Å². The lowest BCUT2D eigenvalue weighted by atomic mass is 10.2. The van der Waals surface area contributed by atoms with Gasteiger partial charge in [0.15, 0.2) is 0 Å². The summed E-state index contributed by atoms with van der Waals surface area (Å²) in [5, 5.41) is 3.80. The molecule has 5 heteroatoms. The molecule has 0 bridgehead atoms. The van der Waals surface area contributed by atoms with Crippen LogP contribution in [0.5, 0.6) is 0 Å². The van der Waals surface area contributed by atoms with Crippen molar-refractivity contribution in [3.05, 3.63) is 49.5 Å². The Hall–Kier alpha value is -0.460. The number of rotatable bonds is 2. The number of nitrogen functional groups attached to an aromatic ring is 1. The second-order valence-corrected chi connectivity index (χ2v) is 5.96. The van der Waals surface area contributed by atoms with E-state index in [9.17, 15) is 0 Å². The van der Waals surface area contributed by atoms with Crippen LogP contribution in [0.4, 0.5) is 17.1 Å². The van der Waals surface area contributed by atoms with Crippen molar-refractivity contribution in [3.8, 4) is 0 Å². The highest BCUT2D eigenvalue weighted by atomic mass is 127. The van der Waals surface area contributed by atoms with Gasteiger partial charge in [-0.25, -0.2) is 0 Å². The number of benzene rings is 2. The molecule has 0 saturated heterocycles. The molecule has 0 heterocycles. The number of hydrogen-bond acceptors (Lipinski definition) is 2. The third-order valence-electron chi connectivity index (χ3n) is 2.25. The summed E-state index contributed by atoms with van der Waals surface area (Å²) in [6.45, 7) is 0. The summed E-state index contributed by atoms with van der Waals surface area (Å²) in [5.74, 6) is 0. The lowest BCUT2D eigenvalue weighted by Gasteiger charge is -2.12. The first-order chi connectivity index (χ1) is 8.08. The van der Waals surface area contributed by atoms with Crippen molar-refractivity contribution in [2.75, 3.05) is 11.1 Å². The molecule has 0 aromatic heterocycles. The molecule has 0 atom stereocenters. The molecule has 0 aliphatic heterocycles. The predicted octanol–water partition coefficient (Wildman–Crippen LogP) is 5.03. The van der Waals surface area contributed by atoms with Crippen LogP contribution in [-0.4, -0.2) is 0 Å². The Morgan fingerprint density at radius 1 is 1.18 bits per heavy atom. The van der Waals surface area contributed by atoms with Gasteiger partial charge in [-0.1, -0.05) is 17.7 Å². The Morgan fingerprint density at radius 2 is 1.94 bits per heavy atom. The fourth-order valence-corrected chi connectivity index (χ4v) is 2.95. The van der Waals surface area contributed by atoms with E-state index in [1.165, 1.54) is 3.57 Å². The van der Waals surface area contributed by atoms with E-state index in [1.807, 2.05) is 30.3 Å². The number of halogens is 3. The molecule has 0 fully saturated rings. The van der Waals surface area contributed by atoms with Crippen LogP contribution in [0.15, 0.2) is 40.9 Å². The summed E-state index contributed by atoms with van der Waals surface area (Å²) in [5.41, 5.74) is 8.22. The predicted molar refractivity (Wildman–Crippen MR) is 86.0 cm³/mol. The number of hydrogen-bond donors (Lipinski definition) is 2. The Kier molecular flexibility index (Phi) is 4.17. The molecule has 0 saturated carbocycles. The van der Waals surface area contributed by atoms with Crippen LogP contribution in [0.2, 0.25) is 5.02 Å². The molecule has 2 aromatic carbocycles. The summed E-state index contributed by atoms with van der Waals surface area (Å²) in [4.78, 5) is 0. The highest BCUT2D eigenvalue weighted by Crippen LogP contribution is 2.32. The topological polar surface area (TPSA) is 38.0 Å². The van der Waals surface area contributed by atoms with Crippen LogP contribution in [0.3, 0.4) is 0 Å². The van der Waals surface area contributed by atoms with Crippen molar-refractivity contribution in [2.24, 2.45) is 0 Å². The fraction of sp³-hybridized carbons (Fsp3) is 0. The van der Waals surface area contributed by atoms with E-state index in [1.54, 1.807) is 6.07 Å². The minimum absolute atomic E-state index is 0.552. The molecule has 0 unspecified atom stereocenters. The smallest absolute Gasteiger partial charge is 0.0742 e. The maximum atomic E-state index is 5.97. The Labute approximate surface area is 127 Å². The van der Waals surface area contributed by atoms with Gasteiger partial charge in [0.1, 0.15) is 0 Å². The van der Waals surface area contributed by atoms with Crippen molar-refractivity contribution in [1.29, 1.82) is 0 Å². The number of nitrogens with two attached hydrogens (primary N) is 1. The van der Waals surface area contributed by atoms with Gasteiger partial charge in [-0.2, -0.15) is 0 Å². The molecular weight excluding hydrogens is 414 g/mol. The van der Waals surface area contributed by atoms with Gasteiger partial charge in [0, 0.05) is 8.04 Å². The van der Waals surface area contributed by atoms with Crippen molar-refractivity contribution >= 4 is 67.2 Å². The molecule has 0 aliphatic rings. The monoisotopic (exact) mass is 422 g/mol. The Balaban J connectivity index is 2.35. The Morgan fingerprint density at radius 3 is 2.65 bits per heavy atom. The third-order valence-corrected chi connectivity index (χ3v) is 3.91. The SMILES string of the molecule is Nc1c(Cl)cccc1Nc1ccc(I)cc1Br. The maximum absolute atomic E-state index is 5.97. The molecule has 88 valence electrons. The van der Waals surface area contributed by atoms with Crippen molar-refractivity contribution in [2.45, 2.75) is 0 Å². The first-order valence-electron chi connectivity index (χ1n) is 4.84. The zero-order valence-electron chi connectivity index (χ0n) is 8.68. The van der Waals surface area contributed by atoms with Crippen LogP contribution in [0.1, 0.15) is 0 Å². The standard InChI is InChI=1S/C12H9BrClIN2/c13-8-6-7(15)4-5-10(8)17-11-3-1-2-9(14)12(11)16/h1-6,17H,16H2. The van der Waals surface area contributed by atoms with Gasteiger partial charge in [0.25, 0.3) is 0 Å². The van der Waals surface area contributed by atoms with Crippen molar-refractivity contribution < 1.29 is 0 Å². The molecule has 0 amide bonds. The van der Waals surface area contributed by atoms with E-state index in [2.05, 4.69) is 43.8 Å². The summed E-state index contributed by atoms with van der Waals surface area (Å²) >= 11 is 11.7. The van der Waals surface area contributed by atoms with E-state index in [4.69, 9.17) is 17.3 Å². The zero-order valence-corrected chi connectivity index (χ0v) is 13.2. The minimum atomic E-state index is 0.552. The van der Waals surface area contributed by atoms with Gasteiger partial charge in [-0.05, 0) is 68.9 Å². The lowest BCUT2D eigenvalue weighted by Crippen LogP contribution is -1.97. The number of anilines is 3. The molecule has 0 spiro atoms. The van der Waals surface area contributed by atoms with Gasteiger partial charge in [0.05, 0.1) is 22.1 Å². The molecule has 3 N–H and O–H groups in total. The highest BCUT2D eigenvalue weighted by Gasteiger charge is 2.05. The zero-order chi connectivity index (χ0) is 12.4. The Bertz CT molecular complexity index is 560. The third kappa shape index (κ3) is 3.05.